The van der Waals surface area contributed by atoms with Crippen molar-refractivity contribution in [3.63, 3.8) is 0 Å². The zero-order chi connectivity index (χ0) is 22.1. The summed E-state index contributed by atoms with van der Waals surface area (Å²) < 4.78 is 0. The third-order valence-corrected chi connectivity index (χ3v) is 7.28. The van der Waals surface area contributed by atoms with Gasteiger partial charge in [-0.2, -0.15) is 0 Å². The van der Waals surface area contributed by atoms with Crippen LogP contribution in [0.15, 0.2) is 48.8 Å². The predicted molar refractivity (Wildman–Crippen MR) is 121 cm³/mol. The first-order valence-electron chi connectivity index (χ1n) is 11.6. The second kappa shape index (κ2) is 8.90. The number of piperazine rings is 1. The Morgan fingerprint density at radius 3 is 2.41 bits per heavy atom. The number of carbonyl (C=O) groups excluding carboxylic acids is 2. The van der Waals surface area contributed by atoms with Crippen LogP contribution in [0.25, 0.3) is 11.1 Å². The first-order chi connectivity index (χ1) is 15.7. The number of nitrogens with zero attached hydrogens (tertiary/aromatic N) is 3. The number of carbonyl (C=O) groups is 2. The van der Waals surface area contributed by atoms with E-state index >= 15 is 0 Å². The molecule has 3 atom stereocenters. The smallest absolute Gasteiger partial charge is 0.318 e. The fourth-order valence-electron chi connectivity index (χ4n) is 5.61. The zero-order valence-electron chi connectivity index (χ0n) is 18.2. The highest BCUT2D eigenvalue weighted by molar-refractivity contribution is 5.87. The molecule has 168 valence electrons. The summed E-state index contributed by atoms with van der Waals surface area (Å²) in [7, 11) is 0. The molecule has 0 unspecified atom stereocenters. The Morgan fingerprint density at radius 2 is 1.72 bits per heavy atom. The zero-order valence-corrected chi connectivity index (χ0v) is 18.2. The molecule has 1 aliphatic carbocycles. The van der Waals surface area contributed by atoms with Crippen molar-refractivity contribution < 1.29 is 14.7 Å². The van der Waals surface area contributed by atoms with Crippen LogP contribution in [0.2, 0.25) is 0 Å². The van der Waals surface area contributed by atoms with Gasteiger partial charge < -0.3 is 20.2 Å². The molecule has 1 aromatic heterocycles. The van der Waals surface area contributed by atoms with Gasteiger partial charge in [-0.05, 0) is 41.7 Å². The van der Waals surface area contributed by atoms with E-state index < -0.39 is 0 Å². The molecule has 1 saturated carbocycles. The van der Waals surface area contributed by atoms with Crippen LogP contribution in [-0.2, 0) is 4.79 Å². The van der Waals surface area contributed by atoms with Crippen LogP contribution in [-0.4, -0.2) is 69.7 Å². The van der Waals surface area contributed by atoms with Gasteiger partial charge in [-0.3, -0.25) is 9.78 Å². The van der Waals surface area contributed by atoms with Gasteiger partial charge in [-0.15, -0.1) is 0 Å². The van der Waals surface area contributed by atoms with E-state index in [-0.39, 0.29) is 49.1 Å². The molecule has 3 heterocycles. The summed E-state index contributed by atoms with van der Waals surface area (Å²) in [5.74, 6) is -0.0653. The minimum absolute atomic E-state index is 0.0146. The van der Waals surface area contributed by atoms with Crippen molar-refractivity contribution in [2.75, 3.05) is 19.7 Å². The molecule has 0 spiro atoms. The third-order valence-electron chi connectivity index (χ3n) is 7.28. The van der Waals surface area contributed by atoms with Gasteiger partial charge in [-0.25, -0.2) is 4.79 Å². The van der Waals surface area contributed by atoms with Crippen LogP contribution in [0, 0.1) is 0 Å². The van der Waals surface area contributed by atoms with Gasteiger partial charge in [-0.1, -0.05) is 43.5 Å². The summed E-state index contributed by atoms with van der Waals surface area (Å²) in [6.07, 6.45) is 9.11. The molecule has 0 radical (unpaired) electrons. The van der Waals surface area contributed by atoms with E-state index in [1.54, 1.807) is 22.2 Å². The standard InChI is InChI=1S/C25H30N4O3/c30-16-22-24(19-8-6-17(7-9-19)18-10-12-26-13-11-18)21-14-28(15-23(31)29(21)22)25(32)27-20-4-2-1-3-5-20/h6-13,20-22,24,30H,1-5,14-16H2,(H,27,32)/t21-,22+,24+/m1/s1. The Hall–Kier alpha value is -2.93. The summed E-state index contributed by atoms with van der Waals surface area (Å²) in [5, 5.41) is 13.1. The van der Waals surface area contributed by atoms with Gasteiger partial charge in [0, 0.05) is 30.9 Å². The number of fused-ring (bicyclic) bond motifs is 1. The highest BCUT2D eigenvalue weighted by atomic mass is 16.3. The van der Waals surface area contributed by atoms with E-state index in [0.29, 0.717) is 6.54 Å². The third kappa shape index (κ3) is 3.86. The van der Waals surface area contributed by atoms with Crippen molar-refractivity contribution in [2.24, 2.45) is 0 Å². The largest absolute Gasteiger partial charge is 0.394 e. The SMILES string of the molecule is O=C(NC1CCCCC1)N1CC(=O)N2[C@H](C1)[C@H](c1ccc(-c3ccncc3)cc1)[C@@H]2CO. The van der Waals surface area contributed by atoms with Crippen molar-refractivity contribution in [3.05, 3.63) is 54.4 Å². The fraction of sp³-hybridized carbons (Fsp3) is 0.480. The molecule has 7 heteroatoms. The van der Waals surface area contributed by atoms with Crippen LogP contribution < -0.4 is 5.32 Å². The van der Waals surface area contributed by atoms with E-state index in [1.807, 2.05) is 12.1 Å². The molecule has 7 nitrogen and oxygen atoms in total. The van der Waals surface area contributed by atoms with Gasteiger partial charge in [0.1, 0.15) is 6.54 Å². The lowest BCUT2D eigenvalue weighted by Gasteiger charge is -2.58. The van der Waals surface area contributed by atoms with E-state index in [4.69, 9.17) is 0 Å². The van der Waals surface area contributed by atoms with Gasteiger partial charge >= 0.3 is 6.03 Å². The highest BCUT2D eigenvalue weighted by Gasteiger charge is 2.54. The van der Waals surface area contributed by atoms with Gasteiger partial charge in [0.2, 0.25) is 5.91 Å². The Bertz CT molecular complexity index is 959. The van der Waals surface area contributed by atoms with Crippen LogP contribution >= 0.6 is 0 Å². The molecule has 2 N–H and O–H groups in total. The minimum atomic E-state index is -0.233. The average Bonchev–Trinajstić information content (AvgIpc) is 2.82. The molecule has 5 rings (SSSR count). The Balaban J connectivity index is 1.31. The second-order valence-electron chi connectivity index (χ2n) is 9.17. The normalized spacial score (nSPS) is 25.8. The first-order valence-corrected chi connectivity index (χ1v) is 11.6. The van der Waals surface area contributed by atoms with Crippen molar-refractivity contribution >= 4 is 11.9 Å². The number of hydrogen-bond acceptors (Lipinski definition) is 4. The number of aromatic nitrogens is 1. The maximum atomic E-state index is 12.9. The maximum absolute atomic E-state index is 12.9. The number of aliphatic hydroxyl groups excluding tert-OH is 1. The van der Waals surface area contributed by atoms with Crippen molar-refractivity contribution in [2.45, 2.75) is 56.1 Å². The minimum Gasteiger partial charge on any atom is -0.394 e. The summed E-state index contributed by atoms with van der Waals surface area (Å²) in [5.41, 5.74) is 3.28. The average molecular weight is 435 g/mol. The Kier molecular flexibility index (Phi) is 5.83. The maximum Gasteiger partial charge on any atom is 0.318 e. The van der Waals surface area contributed by atoms with E-state index in [1.165, 1.54) is 6.42 Å². The van der Waals surface area contributed by atoms with Gasteiger partial charge in [0.05, 0.1) is 18.7 Å². The number of nitrogens with one attached hydrogen (secondary N) is 1. The molecule has 2 aromatic rings. The fourth-order valence-corrected chi connectivity index (χ4v) is 5.61. The van der Waals surface area contributed by atoms with Crippen molar-refractivity contribution in [1.29, 1.82) is 0 Å². The van der Waals surface area contributed by atoms with Crippen LogP contribution in [0.3, 0.4) is 0 Å². The predicted octanol–water partition coefficient (Wildman–Crippen LogP) is 2.76. The molecule has 32 heavy (non-hydrogen) atoms. The lowest BCUT2D eigenvalue weighted by Crippen LogP contribution is -2.74. The van der Waals surface area contributed by atoms with E-state index in [0.717, 1.165) is 42.4 Å². The van der Waals surface area contributed by atoms with Crippen LogP contribution in [0.5, 0.6) is 0 Å². The lowest BCUT2D eigenvalue weighted by molar-refractivity contribution is -0.159. The monoisotopic (exact) mass is 434 g/mol. The number of aliphatic hydroxyl groups is 1. The molecular formula is C25H30N4O3. The molecule has 2 saturated heterocycles. The summed E-state index contributed by atoms with van der Waals surface area (Å²) >= 11 is 0. The number of amides is 3. The quantitative estimate of drug-likeness (QED) is 0.775. The van der Waals surface area contributed by atoms with Crippen LogP contribution in [0.4, 0.5) is 4.79 Å². The van der Waals surface area contributed by atoms with E-state index in [9.17, 15) is 14.7 Å². The number of urea groups is 1. The molecule has 3 aliphatic rings. The lowest BCUT2D eigenvalue weighted by atomic mass is 9.73. The highest BCUT2D eigenvalue weighted by Crippen LogP contribution is 2.43. The van der Waals surface area contributed by atoms with Crippen molar-refractivity contribution in [1.82, 2.24) is 20.1 Å². The molecule has 3 fully saturated rings. The molecule has 3 amide bonds. The molecule has 2 aliphatic heterocycles. The Morgan fingerprint density at radius 1 is 1.03 bits per heavy atom. The number of pyridine rings is 1. The molecule has 0 bridgehead atoms. The van der Waals surface area contributed by atoms with Gasteiger partial charge in [0.25, 0.3) is 0 Å². The van der Waals surface area contributed by atoms with Gasteiger partial charge in [0.15, 0.2) is 0 Å². The molecule has 1 aromatic carbocycles. The number of hydrogen-bond donors (Lipinski definition) is 2. The molecular weight excluding hydrogens is 404 g/mol. The summed E-state index contributed by atoms with van der Waals surface area (Å²) in [6.45, 7) is 0.504. The van der Waals surface area contributed by atoms with E-state index in [2.05, 4.69) is 34.6 Å². The number of rotatable bonds is 4. The summed E-state index contributed by atoms with van der Waals surface area (Å²) in [6, 6.07) is 12.0. The summed E-state index contributed by atoms with van der Waals surface area (Å²) in [4.78, 5) is 33.2. The van der Waals surface area contributed by atoms with Crippen molar-refractivity contribution in [3.8, 4) is 11.1 Å². The topological polar surface area (TPSA) is 85.8 Å². The number of benzene rings is 1. The first kappa shape index (κ1) is 20.9. The second-order valence-corrected chi connectivity index (χ2v) is 9.17. The Labute approximate surface area is 188 Å². The van der Waals surface area contributed by atoms with Crippen LogP contribution in [0.1, 0.15) is 43.6 Å².